The van der Waals surface area contributed by atoms with Gasteiger partial charge in [-0.05, 0) is 42.3 Å². The minimum Gasteiger partial charge on any atom is -0.450 e. The molecule has 0 radical (unpaired) electrons. The number of ether oxygens (including phenoxy) is 1. The number of hydrogen-bond acceptors (Lipinski definition) is 5. The lowest BCUT2D eigenvalue weighted by molar-refractivity contribution is 0.0353. The first-order chi connectivity index (χ1) is 15.5. The predicted octanol–water partition coefficient (Wildman–Crippen LogP) is 3.85. The molecule has 3 heterocycles. The van der Waals surface area contributed by atoms with Crippen LogP contribution < -0.4 is 5.43 Å². The van der Waals surface area contributed by atoms with E-state index in [2.05, 4.69) is 4.90 Å². The third-order valence-corrected chi connectivity index (χ3v) is 6.30. The molecule has 1 amide bonds. The largest absolute Gasteiger partial charge is 0.450 e. The fourth-order valence-electron chi connectivity index (χ4n) is 4.54. The van der Waals surface area contributed by atoms with Gasteiger partial charge in [-0.1, -0.05) is 23.7 Å². The number of hydrogen-bond donors (Lipinski definition) is 0. The molecule has 2 aliphatic rings. The maximum absolute atomic E-state index is 13.8. The Morgan fingerprint density at radius 2 is 1.88 bits per heavy atom. The number of benzene rings is 2. The Kier molecular flexibility index (Phi) is 5.71. The van der Waals surface area contributed by atoms with E-state index in [-0.39, 0.29) is 28.2 Å². The van der Waals surface area contributed by atoms with Gasteiger partial charge < -0.3 is 14.1 Å². The molecule has 5 rings (SSSR count). The summed E-state index contributed by atoms with van der Waals surface area (Å²) in [5.41, 5.74) is 0.763. The number of halogens is 2. The van der Waals surface area contributed by atoms with Crippen molar-refractivity contribution in [2.45, 2.75) is 12.5 Å². The van der Waals surface area contributed by atoms with Gasteiger partial charge in [0.2, 0.25) is 5.76 Å². The molecule has 1 aromatic heterocycles. The zero-order chi connectivity index (χ0) is 22.2. The summed E-state index contributed by atoms with van der Waals surface area (Å²) in [7, 11) is 0. The fraction of sp³-hybridized carbons (Fsp3) is 0.333. The van der Waals surface area contributed by atoms with E-state index >= 15 is 0 Å². The van der Waals surface area contributed by atoms with Gasteiger partial charge in [0, 0.05) is 31.2 Å². The van der Waals surface area contributed by atoms with Gasteiger partial charge in [0.1, 0.15) is 11.4 Å². The summed E-state index contributed by atoms with van der Waals surface area (Å²) < 4.78 is 25.1. The van der Waals surface area contributed by atoms with E-state index in [0.717, 1.165) is 37.7 Å². The predicted molar refractivity (Wildman–Crippen MR) is 119 cm³/mol. The molecule has 1 unspecified atom stereocenters. The second-order valence-electron chi connectivity index (χ2n) is 8.08. The normalized spacial score (nSPS) is 19.0. The second kappa shape index (κ2) is 8.65. The minimum absolute atomic E-state index is 0.0189. The molecule has 0 bridgehead atoms. The van der Waals surface area contributed by atoms with Crippen LogP contribution in [-0.4, -0.2) is 55.1 Å². The summed E-state index contributed by atoms with van der Waals surface area (Å²) in [4.78, 5) is 30.7. The summed E-state index contributed by atoms with van der Waals surface area (Å²) >= 11 is 6.22. The molecule has 32 heavy (non-hydrogen) atoms. The van der Waals surface area contributed by atoms with Crippen molar-refractivity contribution in [1.29, 1.82) is 0 Å². The van der Waals surface area contributed by atoms with Crippen LogP contribution in [0.3, 0.4) is 0 Å². The molecule has 1 saturated heterocycles. The summed E-state index contributed by atoms with van der Waals surface area (Å²) in [5.74, 6) is -0.850. The molecule has 0 spiro atoms. The fourth-order valence-corrected chi connectivity index (χ4v) is 4.73. The highest BCUT2D eigenvalue weighted by molar-refractivity contribution is 6.30. The minimum atomic E-state index is -0.634. The molecule has 166 valence electrons. The lowest BCUT2D eigenvalue weighted by Crippen LogP contribution is -2.38. The van der Waals surface area contributed by atoms with Crippen molar-refractivity contribution in [3.05, 3.63) is 80.4 Å². The van der Waals surface area contributed by atoms with Crippen molar-refractivity contribution in [1.82, 2.24) is 9.80 Å². The molecule has 6 nitrogen and oxygen atoms in total. The molecule has 0 N–H and O–H groups in total. The van der Waals surface area contributed by atoms with Gasteiger partial charge in [0.25, 0.3) is 5.91 Å². The molecule has 1 atom stereocenters. The van der Waals surface area contributed by atoms with Gasteiger partial charge >= 0.3 is 0 Å². The van der Waals surface area contributed by atoms with Gasteiger partial charge in [-0.3, -0.25) is 14.5 Å². The van der Waals surface area contributed by atoms with Crippen LogP contribution in [0.25, 0.3) is 11.0 Å². The van der Waals surface area contributed by atoms with Gasteiger partial charge in [-0.25, -0.2) is 4.39 Å². The molecular weight excluding hydrogens is 435 g/mol. The topological polar surface area (TPSA) is 63.0 Å². The van der Waals surface area contributed by atoms with Gasteiger partial charge in [0.05, 0.1) is 30.2 Å². The number of rotatable bonds is 5. The van der Waals surface area contributed by atoms with E-state index in [1.165, 1.54) is 12.1 Å². The molecule has 0 aliphatic carbocycles. The molecule has 0 saturated carbocycles. The van der Waals surface area contributed by atoms with E-state index in [1.807, 2.05) is 6.07 Å². The van der Waals surface area contributed by atoms with Crippen molar-refractivity contribution < 1.29 is 18.3 Å². The summed E-state index contributed by atoms with van der Waals surface area (Å²) in [6.07, 6.45) is 0.735. The summed E-state index contributed by atoms with van der Waals surface area (Å²) in [6, 6.07) is 10.2. The Morgan fingerprint density at radius 3 is 2.66 bits per heavy atom. The van der Waals surface area contributed by atoms with E-state index in [1.54, 1.807) is 23.1 Å². The molecule has 1 fully saturated rings. The first-order valence-electron chi connectivity index (χ1n) is 10.7. The smallest absolute Gasteiger partial charge is 0.290 e. The number of fused-ring (bicyclic) bond motifs is 2. The number of carbonyl (C=O) groups excluding carboxylic acids is 1. The third-order valence-electron chi connectivity index (χ3n) is 6.07. The van der Waals surface area contributed by atoms with Crippen LogP contribution in [0.15, 0.2) is 51.7 Å². The van der Waals surface area contributed by atoms with Crippen LogP contribution in [0.2, 0.25) is 5.02 Å². The molecule has 2 aromatic carbocycles. The first-order valence-corrected chi connectivity index (χ1v) is 11.0. The van der Waals surface area contributed by atoms with Gasteiger partial charge in [-0.15, -0.1) is 0 Å². The van der Waals surface area contributed by atoms with Crippen LogP contribution in [0.1, 0.15) is 34.1 Å². The summed E-state index contributed by atoms with van der Waals surface area (Å²) in [5, 5.41) is 0.631. The van der Waals surface area contributed by atoms with E-state index in [9.17, 15) is 14.0 Å². The first kappa shape index (κ1) is 21.1. The molecule has 8 heteroatoms. The van der Waals surface area contributed by atoms with Crippen molar-refractivity contribution in [3.63, 3.8) is 0 Å². The number of carbonyl (C=O) groups is 1. The maximum Gasteiger partial charge on any atom is 0.290 e. The van der Waals surface area contributed by atoms with Crippen LogP contribution in [0.4, 0.5) is 4.39 Å². The maximum atomic E-state index is 13.8. The quantitative estimate of drug-likeness (QED) is 0.583. The van der Waals surface area contributed by atoms with E-state index in [0.29, 0.717) is 24.8 Å². The Balaban J connectivity index is 1.54. The molecule has 3 aromatic rings. The Bertz CT molecular complexity index is 1240. The number of nitrogens with zero attached hydrogens (tertiary/aromatic N) is 2. The van der Waals surface area contributed by atoms with Crippen LogP contribution >= 0.6 is 11.6 Å². The monoisotopic (exact) mass is 456 g/mol. The van der Waals surface area contributed by atoms with Crippen molar-refractivity contribution in [3.8, 4) is 0 Å². The van der Waals surface area contributed by atoms with Crippen molar-refractivity contribution in [2.24, 2.45) is 0 Å². The lowest BCUT2D eigenvalue weighted by atomic mass is 9.98. The zero-order valence-electron chi connectivity index (χ0n) is 17.4. The highest BCUT2D eigenvalue weighted by Gasteiger charge is 2.42. The third kappa shape index (κ3) is 3.81. The Morgan fingerprint density at radius 1 is 1.06 bits per heavy atom. The lowest BCUT2D eigenvalue weighted by Gasteiger charge is -2.29. The van der Waals surface area contributed by atoms with Gasteiger partial charge in [0.15, 0.2) is 5.43 Å². The SMILES string of the molecule is O=C1c2oc3ccc(F)cc3c(=O)c2C(c2cccc(Cl)c2)N1CCCN1CCOCC1. The average Bonchev–Trinajstić information content (AvgIpc) is 3.07. The van der Waals surface area contributed by atoms with Crippen LogP contribution in [-0.2, 0) is 4.74 Å². The second-order valence-corrected chi connectivity index (χ2v) is 8.51. The van der Waals surface area contributed by atoms with Crippen LogP contribution in [0.5, 0.6) is 0 Å². The number of amides is 1. The Hall–Kier alpha value is -2.74. The van der Waals surface area contributed by atoms with Crippen molar-refractivity contribution in [2.75, 3.05) is 39.4 Å². The van der Waals surface area contributed by atoms with E-state index < -0.39 is 17.3 Å². The number of morpholine rings is 1. The van der Waals surface area contributed by atoms with Crippen LogP contribution in [0, 0.1) is 5.82 Å². The van der Waals surface area contributed by atoms with E-state index in [4.69, 9.17) is 20.8 Å². The van der Waals surface area contributed by atoms with Crippen molar-refractivity contribution >= 4 is 28.5 Å². The molecule has 2 aliphatic heterocycles. The summed E-state index contributed by atoms with van der Waals surface area (Å²) in [6.45, 7) is 4.41. The standard InChI is InChI=1S/C24H22ClFN2O4/c25-16-4-1-3-15(13-16)21-20-22(29)18-14-17(26)5-6-19(18)32-23(20)24(30)28(21)8-2-7-27-9-11-31-12-10-27/h1,3-6,13-14,21H,2,7-12H2. The molecular formula is C24H22ClFN2O4. The highest BCUT2D eigenvalue weighted by Crippen LogP contribution is 2.38. The highest BCUT2D eigenvalue weighted by atomic mass is 35.5. The Labute approximate surface area is 189 Å². The zero-order valence-corrected chi connectivity index (χ0v) is 18.1. The average molecular weight is 457 g/mol. The van der Waals surface area contributed by atoms with Gasteiger partial charge in [-0.2, -0.15) is 0 Å².